The van der Waals surface area contributed by atoms with E-state index in [4.69, 9.17) is 21.1 Å². The van der Waals surface area contributed by atoms with Crippen molar-refractivity contribution in [1.82, 2.24) is 5.32 Å². The Bertz CT molecular complexity index is 851. The number of halogens is 1. The minimum Gasteiger partial charge on any atom is -0.543 e. The van der Waals surface area contributed by atoms with Crippen LogP contribution in [-0.2, 0) is 9.59 Å². The highest BCUT2D eigenvalue weighted by Gasteiger charge is 2.09. The van der Waals surface area contributed by atoms with Crippen LogP contribution in [-0.4, -0.2) is 25.6 Å². The van der Waals surface area contributed by atoms with Crippen LogP contribution in [0.1, 0.15) is 16.7 Å². The molecule has 2 aromatic rings. The molecular formula is C20H19ClNO5-. The average molecular weight is 389 g/mol. The highest BCUT2D eigenvalue weighted by Crippen LogP contribution is 2.25. The van der Waals surface area contributed by atoms with Gasteiger partial charge in [0.05, 0.1) is 18.8 Å². The number of carbonyl (C=O) groups excluding carboxylic acids is 2. The molecule has 0 atom stereocenters. The Hall–Kier alpha value is -2.99. The van der Waals surface area contributed by atoms with Crippen molar-refractivity contribution in [3.63, 3.8) is 0 Å². The number of carbonyl (C=O) groups is 2. The molecule has 1 amide bonds. The largest absolute Gasteiger partial charge is 0.543 e. The summed E-state index contributed by atoms with van der Waals surface area (Å²) in [5.41, 5.74) is 1.85. The number of benzene rings is 2. The van der Waals surface area contributed by atoms with E-state index in [0.717, 1.165) is 11.1 Å². The molecule has 142 valence electrons. The molecule has 0 saturated heterocycles. The molecule has 0 radical (unpaired) electrons. The fourth-order valence-electron chi connectivity index (χ4n) is 2.34. The van der Waals surface area contributed by atoms with Crippen molar-refractivity contribution >= 4 is 29.6 Å². The molecular weight excluding hydrogens is 370 g/mol. The number of ether oxygens (including phenoxy) is 2. The van der Waals surface area contributed by atoms with Gasteiger partial charge in [-0.05, 0) is 60.9 Å². The number of nitrogens with one attached hydrogen (secondary N) is 1. The van der Waals surface area contributed by atoms with Gasteiger partial charge < -0.3 is 24.7 Å². The first-order valence-corrected chi connectivity index (χ1v) is 8.44. The van der Waals surface area contributed by atoms with Crippen LogP contribution in [0.4, 0.5) is 0 Å². The summed E-state index contributed by atoms with van der Waals surface area (Å²) < 4.78 is 10.5. The lowest BCUT2D eigenvalue weighted by molar-refractivity contribution is -0.299. The van der Waals surface area contributed by atoms with Crippen LogP contribution >= 0.6 is 11.6 Å². The Morgan fingerprint density at radius 1 is 1.11 bits per heavy atom. The molecule has 7 heteroatoms. The van der Waals surface area contributed by atoms with Crippen LogP contribution < -0.4 is 19.9 Å². The van der Waals surface area contributed by atoms with Gasteiger partial charge in [0.25, 0.3) is 5.91 Å². The standard InChI is InChI=1S/C20H20ClNO5/c1-12-8-16(9-13(2)19(12)21)27-11-18(23)22-17(20(24)25)10-14-4-6-15(26-3)7-5-14/h4-10H,11H2,1-3H3,(H,22,23)(H,24,25)/p-1/b17-10+. The Labute approximate surface area is 162 Å². The van der Waals surface area contributed by atoms with Crippen LogP contribution in [0.25, 0.3) is 6.08 Å². The number of hydrogen-bond donors (Lipinski definition) is 1. The zero-order valence-electron chi connectivity index (χ0n) is 15.2. The number of aliphatic carboxylic acids is 1. The summed E-state index contributed by atoms with van der Waals surface area (Å²) >= 11 is 6.09. The van der Waals surface area contributed by atoms with Crippen molar-refractivity contribution in [2.75, 3.05) is 13.7 Å². The van der Waals surface area contributed by atoms with Crippen LogP contribution in [0.15, 0.2) is 42.1 Å². The van der Waals surface area contributed by atoms with Gasteiger partial charge in [0.2, 0.25) is 0 Å². The van der Waals surface area contributed by atoms with Gasteiger partial charge in [-0.15, -0.1) is 0 Å². The van der Waals surface area contributed by atoms with Gasteiger partial charge >= 0.3 is 0 Å². The molecule has 0 spiro atoms. The van der Waals surface area contributed by atoms with E-state index in [2.05, 4.69) is 5.32 Å². The second-order valence-electron chi connectivity index (χ2n) is 5.83. The molecule has 0 bridgehead atoms. The predicted molar refractivity (Wildman–Crippen MR) is 101 cm³/mol. The molecule has 27 heavy (non-hydrogen) atoms. The van der Waals surface area contributed by atoms with Gasteiger partial charge in [0.1, 0.15) is 11.5 Å². The quantitative estimate of drug-likeness (QED) is 0.735. The van der Waals surface area contributed by atoms with E-state index in [1.807, 2.05) is 13.8 Å². The number of amides is 1. The summed E-state index contributed by atoms with van der Waals surface area (Å²) in [6.07, 6.45) is 1.29. The zero-order valence-corrected chi connectivity index (χ0v) is 15.9. The number of carboxylic acids is 1. The van der Waals surface area contributed by atoms with Crippen LogP contribution in [0.3, 0.4) is 0 Å². The summed E-state index contributed by atoms with van der Waals surface area (Å²) in [4.78, 5) is 23.3. The van der Waals surface area contributed by atoms with E-state index in [-0.39, 0.29) is 12.3 Å². The number of aryl methyl sites for hydroxylation is 2. The Kier molecular flexibility index (Phi) is 6.85. The topological polar surface area (TPSA) is 87.7 Å². The number of rotatable bonds is 7. The summed E-state index contributed by atoms with van der Waals surface area (Å²) in [5.74, 6) is -1.02. The van der Waals surface area contributed by atoms with Gasteiger partial charge in [0.15, 0.2) is 6.61 Å². The Morgan fingerprint density at radius 2 is 1.70 bits per heavy atom. The van der Waals surface area contributed by atoms with Crippen molar-refractivity contribution < 1.29 is 24.2 Å². The van der Waals surface area contributed by atoms with Crippen LogP contribution in [0, 0.1) is 13.8 Å². The molecule has 0 aliphatic carbocycles. The molecule has 0 aliphatic rings. The van der Waals surface area contributed by atoms with E-state index < -0.39 is 11.9 Å². The van der Waals surface area contributed by atoms with Gasteiger partial charge in [-0.3, -0.25) is 4.79 Å². The molecule has 0 unspecified atom stereocenters. The Morgan fingerprint density at radius 3 is 2.22 bits per heavy atom. The first-order chi connectivity index (χ1) is 12.8. The maximum atomic E-state index is 12.0. The first kappa shape index (κ1) is 20.3. The fourth-order valence-corrected chi connectivity index (χ4v) is 2.45. The fraction of sp³-hybridized carbons (Fsp3) is 0.200. The minimum atomic E-state index is -1.50. The number of methoxy groups -OCH3 is 1. The molecule has 0 saturated carbocycles. The summed E-state index contributed by atoms with van der Waals surface area (Å²) in [6.45, 7) is 3.30. The maximum Gasteiger partial charge on any atom is 0.262 e. The van der Waals surface area contributed by atoms with E-state index in [1.165, 1.54) is 13.2 Å². The second-order valence-corrected chi connectivity index (χ2v) is 6.20. The monoisotopic (exact) mass is 388 g/mol. The predicted octanol–water partition coefficient (Wildman–Crippen LogP) is 2.25. The minimum absolute atomic E-state index is 0.353. The second kappa shape index (κ2) is 9.09. The van der Waals surface area contributed by atoms with Crippen molar-refractivity contribution in [2.45, 2.75) is 13.8 Å². The third kappa shape index (κ3) is 5.76. The highest BCUT2D eigenvalue weighted by molar-refractivity contribution is 6.32. The van der Waals surface area contributed by atoms with Gasteiger partial charge in [0, 0.05) is 5.02 Å². The normalized spacial score (nSPS) is 11.0. The van der Waals surface area contributed by atoms with Crippen molar-refractivity contribution in [3.8, 4) is 11.5 Å². The smallest absolute Gasteiger partial charge is 0.262 e. The van der Waals surface area contributed by atoms with E-state index in [0.29, 0.717) is 22.1 Å². The van der Waals surface area contributed by atoms with E-state index >= 15 is 0 Å². The lowest BCUT2D eigenvalue weighted by Crippen LogP contribution is -2.37. The average Bonchev–Trinajstić information content (AvgIpc) is 2.64. The lowest BCUT2D eigenvalue weighted by Gasteiger charge is -2.13. The molecule has 0 aromatic heterocycles. The van der Waals surface area contributed by atoms with Crippen molar-refractivity contribution in [2.24, 2.45) is 0 Å². The van der Waals surface area contributed by atoms with Crippen LogP contribution in [0.2, 0.25) is 5.02 Å². The Balaban J connectivity index is 2.04. The number of hydrogen-bond acceptors (Lipinski definition) is 5. The maximum absolute atomic E-state index is 12.0. The highest BCUT2D eigenvalue weighted by atomic mass is 35.5. The SMILES string of the molecule is COc1ccc(/C=C(/NC(=O)COc2cc(C)c(Cl)c(C)c2)C(=O)[O-])cc1. The van der Waals surface area contributed by atoms with Gasteiger partial charge in [-0.1, -0.05) is 23.7 Å². The summed E-state index contributed by atoms with van der Waals surface area (Å²) in [7, 11) is 1.53. The van der Waals surface area contributed by atoms with Gasteiger partial charge in [-0.2, -0.15) is 0 Å². The zero-order chi connectivity index (χ0) is 20.0. The third-order valence-corrected chi connectivity index (χ3v) is 4.30. The first-order valence-electron chi connectivity index (χ1n) is 8.06. The molecule has 0 heterocycles. The molecule has 2 rings (SSSR count). The summed E-state index contributed by atoms with van der Waals surface area (Å²) in [6, 6.07) is 10.1. The van der Waals surface area contributed by atoms with Crippen molar-refractivity contribution in [3.05, 3.63) is 63.8 Å². The molecule has 0 aliphatic heterocycles. The summed E-state index contributed by atoms with van der Waals surface area (Å²) in [5, 5.41) is 14.2. The lowest BCUT2D eigenvalue weighted by atomic mass is 10.1. The van der Waals surface area contributed by atoms with Crippen molar-refractivity contribution in [1.29, 1.82) is 0 Å². The van der Waals surface area contributed by atoms with Gasteiger partial charge in [-0.25, -0.2) is 0 Å². The number of carboxylic acid groups (broad SMARTS) is 1. The molecule has 6 nitrogen and oxygen atoms in total. The molecule has 2 aromatic carbocycles. The van der Waals surface area contributed by atoms with E-state index in [9.17, 15) is 14.7 Å². The third-order valence-electron chi connectivity index (χ3n) is 3.70. The van der Waals surface area contributed by atoms with E-state index in [1.54, 1.807) is 36.4 Å². The molecule has 1 N–H and O–H groups in total. The van der Waals surface area contributed by atoms with Crippen LogP contribution in [0.5, 0.6) is 11.5 Å². The molecule has 0 fully saturated rings.